The van der Waals surface area contributed by atoms with Gasteiger partial charge in [-0.3, -0.25) is 9.59 Å². The van der Waals surface area contributed by atoms with Crippen LogP contribution in [0.5, 0.6) is 11.5 Å². The monoisotopic (exact) mass is 368 g/mol. The van der Waals surface area contributed by atoms with Gasteiger partial charge in [0.1, 0.15) is 0 Å². The lowest BCUT2D eigenvalue weighted by molar-refractivity contribution is -0.133. The van der Waals surface area contributed by atoms with Gasteiger partial charge in [0.15, 0.2) is 11.5 Å². The van der Waals surface area contributed by atoms with Gasteiger partial charge in [-0.1, -0.05) is 30.3 Å². The van der Waals surface area contributed by atoms with Gasteiger partial charge >= 0.3 is 0 Å². The number of rotatable bonds is 6. The SMILES string of the molecule is COc1cc2c(cc1OC)CN(C(=O)CNC(=O)Cc1ccccc1)CC2. The Balaban J connectivity index is 1.56. The van der Waals surface area contributed by atoms with Crippen molar-refractivity contribution in [3.05, 3.63) is 59.2 Å². The molecular formula is C21H24N2O4. The second-order valence-corrected chi connectivity index (χ2v) is 6.48. The van der Waals surface area contributed by atoms with E-state index in [1.807, 2.05) is 42.5 Å². The van der Waals surface area contributed by atoms with Crippen LogP contribution in [0, 0.1) is 0 Å². The molecule has 0 bridgehead atoms. The zero-order chi connectivity index (χ0) is 19.2. The van der Waals surface area contributed by atoms with Crippen LogP contribution in [0.2, 0.25) is 0 Å². The Bertz CT molecular complexity index is 820. The molecule has 2 aromatic carbocycles. The first-order chi connectivity index (χ1) is 13.1. The van der Waals surface area contributed by atoms with Gasteiger partial charge in [-0.25, -0.2) is 0 Å². The second-order valence-electron chi connectivity index (χ2n) is 6.48. The number of fused-ring (bicyclic) bond motifs is 1. The van der Waals surface area contributed by atoms with Gasteiger partial charge in [0.05, 0.1) is 27.2 Å². The van der Waals surface area contributed by atoms with Crippen LogP contribution in [0.15, 0.2) is 42.5 Å². The Hall–Kier alpha value is -3.02. The van der Waals surface area contributed by atoms with Crippen LogP contribution >= 0.6 is 0 Å². The molecule has 3 rings (SSSR count). The number of ether oxygens (including phenoxy) is 2. The molecule has 1 aliphatic rings. The highest BCUT2D eigenvalue weighted by molar-refractivity contribution is 5.85. The zero-order valence-corrected chi connectivity index (χ0v) is 15.7. The molecule has 2 aromatic rings. The molecule has 1 aliphatic heterocycles. The molecule has 0 atom stereocenters. The van der Waals surface area contributed by atoms with Crippen molar-refractivity contribution in [2.75, 3.05) is 27.3 Å². The maximum atomic E-state index is 12.5. The lowest BCUT2D eigenvalue weighted by Crippen LogP contribution is -2.42. The van der Waals surface area contributed by atoms with E-state index in [1.54, 1.807) is 19.1 Å². The van der Waals surface area contributed by atoms with Gasteiger partial charge in [-0.05, 0) is 35.2 Å². The maximum absolute atomic E-state index is 12.5. The zero-order valence-electron chi connectivity index (χ0n) is 15.7. The molecule has 0 saturated heterocycles. The Morgan fingerprint density at radius 3 is 2.37 bits per heavy atom. The quantitative estimate of drug-likeness (QED) is 0.846. The number of hydrogen-bond donors (Lipinski definition) is 1. The second kappa shape index (κ2) is 8.58. The number of carbonyl (C=O) groups excluding carboxylic acids is 2. The molecule has 27 heavy (non-hydrogen) atoms. The van der Waals surface area contributed by atoms with Gasteiger partial charge < -0.3 is 19.7 Å². The molecule has 0 spiro atoms. The number of nitrogens with zero attached hydrogens (tertiary/aromatic N) is 1. The average Bonchev–Trinajstić information content (AvgIpc) is 2.71. The number of benzene rings is 2. The summed E-state index contributed by atoms with van der Waals surface area (Å²) in [5.41, 5.74) is 3.13. The smallest absolute Gasteiger partial charge is 0.242 e. The van der Waals surface area contributed by atoms with Crippen LogP contribution in [0.25, 0.3) is 0 Å². The van der Waals surface area contributed by atoms with E-state index in [4.69, 9.17) is 9.47 Å². The van der Waals surface area contributed by atoms with E-state index in [0.717, 1.165) is 23.1 Å². The Morgan fingerprint density at radius 2 is 1.70 bits per heavy atom. The Morgan fingerprint density at radius 1 is 1.04 bits per heavy atom. The van der Waals surface area contributed by atoms with Crippen molar-refractivity contribution in [3.8, 4) is 11.5 Å². The third-order valence-electron chi connectivity index (χ3n) is 4.72. The summed E-state index contributed by atoms with van der Waals surface area (Å²) in [7, 11) is 3.21. The minimum Gasteiger partial charge on any atom is -0.493 e. The van der Waals surface area contributed by atoms with Gasteiger partial charge in [0.25, 0.3) is 0 Å². The van der Waals surface area contributed by atoms with E-state index in [9.17, 15) is 9.59 Å². The molecule has 0 aromatic heterocycles. The summed E-state index contributed by atoms with van der Waals surface area (Å²) < 4.78 is 10.7. The summed E-state index contributed by atoms with van der Waals surface area (Å²) in [6.07, 6.45) is 1.02. The molecular weight excluding hydrogens is 344 g/mol. The number of carbonyl (C=O) groups is 2. The molecule has 1 heterocycles. The van der Waals surface area contributed by atoms with Crippen LogP contribution < -0.4 is 14.8 Å². The van der Waals surface area contributed by atoms with E-state index in [1.165, 1.54) is 0 Å². The topological polar surface area (TPSA) is 67.9 Å². The number of amides is 2. The Kier molecular flexibility index (Phi) is 5.96. The number of hydrogen-bond acceptors (Lipinski definition) is 4. The predicted molar refractivity (Wildman–Crippen MR) is 102 cm³/mol. The molecule has 6 nitrogen and oxygen atoms in total. The summed E-state index contributed by atoms with van der Waals surface area (Å²) in [4.78, 5) is 26.3. The highest BCUT2D eigenvalue weighted by Crippen LogP contribution is 2.33. The molecule has 0 saturated carbocycles. The lowest BCUT2D eigenvalue weighted by atomic mass is 9.98. The largest absolute Gasteiger partial charge is 0.493 e. The maximum Gasteiger partial charge on any atom is 0.242 e. The van der Waals surface area contributed by atoms with Crippen LogP contribution in [-0.2, 0) is 29.0 Å². The highest BCUT2D eigenvalue weighted by Gasteiger charge is 2.23. The third kappa shape index (κ3) is 4.58. The summed E-state index contributed by atoms with van der Waals surface area (Å²) >= 11 is 0. The number of nitrogens with one attached hydrogen (secondary N) is 1. The summed E-state index contributed by atoms with van der Waals surface area (Å²) in [5, 5.41) is 2.72. The number of methoxy groups -OCH3 is 2. The molecule has 142 valence electrons. The first-order valence-corrected chi connectivity index (χ1v) is 8.93. The summed E-state index contributed by atoms with van der Waals surface area (Å²) in [6, 6.07) is 13.4. The van der Waals surface area contributed by atoms with Crippen molar-refractivity contribution in [2.45, 2.75) is 19.4 Å². The van der Waals surface area contributed by atoms with E-state index >= 15 is 0 Å². The van der Waals surface area contributed by atoms with Crippen LogP contribution in [0.4, 0.5) is 0 Å². The van der Waals surface area contributed by atoms with Crippen molar-refractivity contribution >= 4 is 11.8 Å². The fourth-order valence-electron chi connectivity index (χ4n) is 3.23. The predicted octanol–water partition coefficient (Wildman–Crippen LogP) is 1.95. The molecule has 0 fully saturated rings. The van der Waals surface area contributed by atoms with Crippen LogP contribution in [0.1, 0.15) is 16.7 Å². The molecule has 0 unspecified atom stereocenters. The van der Waals surface area contributed by atoms with Crippen molar-refractivity contribution in [2.24, 2.45) is 0 Å². The van der Waals surface area contributed by atoms with Gasteiger partial charge in [-0.2, -0.15) is 0 Å². The van der Waals surface area contributed by atoms with E-state index in [2.05, 4.69) is 5.32 Å². The van der Waals surface area contributed by atoms with Crippen molar-refractivity contribution in [3.63, 3.8) is 0 Å². The molecule has 2 amide bonds. The van der Waals surface area contributed by atoms with Crippen molar-refractivity contribution in [1.82, 2.24) is 10.2 Å². The first-order valence-electron chi connectivity index (χ1n) is 8.93. The standard InChI is InChI=1S/C21H24N2O4/c1-26-18-11-16-8-9-23(14-17(16)12-19(18)27-2)21(25)13-22-20(24)10-15-6-4-3-5-7-15/h3-7,11-12H,8-10,13-14H2,1-2H3,(H,22,24). The normalized spacial score (nSPS) is 12.9. The first kappa shape index (κ1) is 18.8. The van der Waals surface area contributed by atoms with Gasteiger partial charge in [0.2, 0.25) is 11.8 Å². The average molecular weight is 368 g/mol. The van der Waals surface area contributed by atoms with Crippen LogP contribution in [0.3, 0.4) is 0 Å². The highest BCUT2D eigenvalue weighted by atomic mass is 16.5. The molecule has 1 N–H and O–H groups in total. The van der Waals surface area contributed by atoms with E-state index in [0.29, 0.717) is 24.6 Å². The minimum absolute atomic E-state index is 0.00822. The van der Waals surface area contributed by atoms with Gasteiger partial charge in [0, 0.05) is 13.1 Å². The fourth-order valence-corrected chi connectivity index (χ4v) is 3.23. The fraction of sp³-hybridized carbons (Fsp3) is 0.333. The van der Waals surface area contributed by atoms with Gasteiger partial charge in [-0.15, -0.1) is 0 Å². The molecule has 6 heteroatoms. The summed E-state index contributed by atoms with van der Waals surface area (Å²) in [5.74, 6) is 1.11. The van der Waals surface area contributed by atoms with Crippen molar-refractivity contribution in [1.29, 1.82) is 0 Å². The van der Waals surface area contributed by atoms with Crippen LogP contribution in [-0.4, -0.2) is 44.0 Å². The minimum atomic E-state index is -0.154. The lowest BCUT2D eigenvalue weighted by Gasteiger charge is -2.29. The molecule has 0 radical (unpaired) electrons. The van der Waals surface area contributed by atoms with E-state index < -0.39 is 0 Å². The Labute approximate surface area is 159 Å². The molecule has 0 aliphatic carbocycles. The van der Waals surface area contributed by atoms with E-state index in [-0.39, 0.29) is 24.8 Å². The third-order valence-corrected chi connectivity index (χ3v) is 4.72. The van der Waals surface area contributed by atoms with Crippen molar-refractivity contribution < 1.29 is 19.1 Å². The summed E-state index contributed by atoms with van der Waals surface area (Å²) in [6.45, 7) is 1.13.